The van der Waals surface area contributed by atoms with Gasteiger partial charge in [0.15, 0.2) is 4.67 Å². The van der Waals surface area contributed by atoms with Gasteiger partial charge in [-0.2, -0.15) is 0 Å². The molecule has 0 aliphatic heterocycles. The molecule has 0 saturated carbocycles. The van der Waals surface area contributed by atoms with Crippen LogP contribution in [0.2, 0.25) is 0 Å². The predicted molar refractivity (Wildman–Crippen MR) is 52.0 cm³/mol. The zero-order chi connectivity index (χ0) is 8.81. The van der Waals surface area contributed by atoms with Crippen LogP contribution in [0.5, 0.6) is 0 Å². The average Bonchev–Trinajstić information content (AvgIpc) is 2.46. The Balaban J connectivity index is 2.20. The fourth-order valence-corrected chi connectivity index (χ4v) is 1.26. The summed E-state index contributed by atoms with van der Waals surface area (Å²) in [5.41, 5.74) is 1.16. The van der Waals surface area contributed by atoms with Crippen molar-refractivity contribution in [3.05, 3.63) is 22.6 Å². The van der Waals surface area contributed by atoms with Crippen molar-refractivity contribution in [3.63, 3.8) is 0 Å². The molecule has 0 fully saturated rings. The molecule has 12 heavy (non-hydrogen) atoms. The summed E-state index contributed by atoms with van der Waals surface area (Å²) >= 11 is 3.31. The van der Waals surface area contributed by atoms with E-state index < -0.39 is 0 Å². The Labute approximate surface area is 80.7 Å². The highest BCUT2D eigenvalue weighted by Crippen LogP contribution is 2.16. The van der Waals surface area contributed by atoms with Gasteiger partial charge < -0.3 is 15.1 Å². The molecule has 0 aliphatic rings. The summed E-state index contributed by atoms with van der Waals surface area (Å²) in [5.74, 6) is 0. The highest BCUT2D eigenvalue weighted by Gasteiger charge is 2.00. The molecule has 0 aromatic carbocycles. The molecule has 4 heteroatoms. The maximum absolute atomic E-state index is 5.08. The molecule has 1 rings (SSSR count). The molecule has 2 N–H and O–H groups in total. The highest BCUT2D eigenvalue weighted by atomic mass is 79.9. The molecule has 1 heterocycles. The zero-order valence-electron chi connectivity index (χ0n) is 7.06. The Bertz CT molecular complexity index is 225. The second-order valence-electron chi connectivity index (χ2n) is 2.50. The molecule has 0 spiro atoms. The second-order valence-corrected chi connectivity index (χ2v) is 3.22. The predicted octanol–water partition coefficient (Wildman–Crippen LogP) is 1.35. The van der Waals surface area contributed by atoms with E-state index in [0.717, 1.165) is 29.9 Å². The van der Waals surface area contributed by atoms with Gasteiger partial charge in [-0.15, -0.1) is 0 Å². The summed E-state index contributed by atoms with van der Waals surface area (Å²) < 4.78 is 5.90. The van der Waals surface area contributed by atoms with Gasteiger partial charge in [0.05, 0.1) is 6.26 Å². The third-order valence-electron chi connectivity index (χ3n) is 1.56. The van der Waals surface area contributed by atoms with Crippen LogP contribution >= 0.6 is 15.9 Å². The van der Waals surface area contributed by atoms with Crippen molar-refractivity contribution in [3.8, 4) is 0 Å². The first-order valence-electron chi connectivity index (χ1n) is 3.92. The van der Waals surface area contributed by atoms with E-state index in [4.69, 9.17) is 4.42 Å². The molecule has 0 aliphatic carbocycles. The lowest BCUT2D eigenvalue weighted by Crippen LogP contribution is -2.24. The zero-order valence-corrected chi connectivity index (χ0v) is 8.65. The Kier molecular flexibility index (Phi) is 4.35. The summed E-state index contributed by atoms with van der Waals surface area (Å²) in [4.78, 5) is 0. The lowest BCUT2D eigenvalue weighted by Gasteiger charge is -2.01. The monoisotopic (exact) mass is 232 g/mol. The maximum atomic E-state index is 5.08. The second kappa shape index (κ2) is 5.35. The van der Waals surface area contributed by atoms with Crippen LogP contribution in [0.15, 0.2) is 21.4 Å². The fraction of sp³-hybridized carbons (Fsp3) is 0.500. The highest BCUT2D eigenvalue weighted by molar-refractivity contribution is 9.10. The standard InChI is InChI=1S/C8H13BrN2O/c1-10-3-4-11-6-7-2-5-12-8(7)9/h2,5,10-11H,3-4,6H2,1H3. The first-order valence-corrected chi connectivity index (χ1v) is 4.71. The summed E-state index contributed by atoms with van der Waals surface area (Å²) in [7, 11) is 1.94. The number of likely N-dealkylation sites (N-methyl/N-ethyl adjacent to an activating group) is 1. The van der Waals surface area contributed by atoms with Crippen molar-refractivity contribution in [1.29, 1.82) is 0 Å². The van der Waals surface area contributed by atoms with Crippen LogP contribution in [-0.4, -0.2) is 20.1 Å². The smallest absolute Gasteiger partial charge is 0.173 e. The molecule has 1 aromatic heterocycles. The van der Waals surface area contributed by atoms with Gasteiger partial charge in [0.2, 0.25) is 0 Å². The van der Waals surface area contributed by atoms with Crippen molar-refractivity contribution < 1.29 is 4.42 Å². The van der Waals surface area contributed by atoms with Gasteiger partial charge in [-0.25, -0.2) is 0 Å². The molecule has 0 saturated heterocycles. The first kappa shape index (κ1) is 9.77. The third-order valence-corrected chi connectivity index (χ3v) is 2.26. The summed E-state index contributed by atoms with van der Waals surface area (Å²) in [6.07, 6.45) is 1.68. The van der Waals surface area contributed by atoms with Crippen LogP contribution in [0.25, 0.3) is 0 Å². The number of hydrogen-bond acceptors (Lipinski definition) is 3. The molecule has 0 amide bonds. The van der Waals surface area contributed by atoms with Gasteiger partial charge in [0, 0.05) is 25.2 Å². The molecule has 1 aromatic rings. The van der Waals surface area contributed by atoms with Crippen LogP contribution < -0.4 is 10.6 Å². The molecule has 0 bridgehead atoms. The Morgan fingerprint density at radius 3 is 2.92 bits per heavy atom. The summed E-state index contributed by atoms with van der Waals surface area (Å²) in [6.45, 7) is 2.79. The van der Waals surface area contributed by atoms with E-state index >= 15 is 0 Å². The van der Waals surface area contributed by atoms with Crippen LogP contribution in [0, 0.1) is 0 Å². The molecular weight excluding hydrogens is 220 g/mol. The molecule has 0 radical (unpaired) electrons. The maximum Gasteiger partial charge on any atom is 0.173 e. The van der Waals surface area contributed by atoms with E-state index in [1.807, 2.05) is 13.1 Å². The van der Waals surface area contributed by atoms with E-state index in [1.54, 1.807) is 6.26 Å². The molecule has 3 nitrogen and oxygen atoms in total. The van der Waals surface area contributed by atoms with Crippen LogP contribution in [-0.2, 0) is 6.54 Å². The quantitative estimate of drug-likeness (QED) is 0.754. The molecule has 0 atom stereocenters. The van der Waals surface area contributed by atoms with Gasteiger partial charge in [0.25, 0.3) is 0 Å². The topological polar surface area (TPSA) is 37.2 Å². The molecule has 0 unspecified atom stereocenters. The van der Waals surface area contributed by atoms with E-state index in [1.165, 1.54) is 0 Å². The normalized spacial score (nSPS) is 10.5. The van der Waals surface area contributed by atoms with Gasteiger partial charge in [-0.05, 0) is 29.0 Å². The van der Waals surface area contributed by atoms with Gasteiger partial charge >= 0.3 is 0 Å². The van der Waals surface area contributed by atoms with E-state index in [-0.39, 0.29) is 0 Å². The summed E-state index contributed by atoms with van der Waals surface area (Å²) in [5, 5.41) is 6.34. The van der Waals surface area contributed by atoms with E-state index in [0.29, 0.717) is 0 Å². The first-order chi connectivity index (χ1) is 5.84. The minimum Gasteiger partial charge on any atom is -0.457 e. The number of halogens is 1. The number of nitrogens with one attached hydrogen (secondary N) is 2. The van der Waals surface area contributed by atoms with Crippen molar-refractivity contribution in [2.45, 2.75) is 6.54 Å². The van der Waals surface area contributed by atoms with Crippen molar-refractivity contribution in [2.75, 3.05) is 20.1 Å². The fourth-order valence-electron chi connectivity index (χ4n) is 0.882. The number of rotatable bonds is 5. The third kappa shape index (κ3) is 2.97. The Morgan fingerprint density at radius 1 is 1.50 bits per heavy atom. The van der Waals surface area contributed by atoms with Crippen LogP contribution in [0.4, 0.5) is 0 Å². The molecule has 68 valence electrons. The largest absolute Gasteiger partial charge is 0.457 e. The molecular formula is C8H13BrN2O. The Morgan fingerprint density at radius 2 is 2.33 bits per heavy atom. The average molecular weight is 233 g/mol. The number of furan rings is 1. The van der Waals surface area contributed by atoms with Crippen molar-refractivity contribution >= 4 is 15.9 Å². The SMILES string of the molecule is CNCCNCc1ccoc1Br. The van der Waals surface area contributed by atoms with Crippen molar-refractivity contribution in [1.82, 2.24) is 10.6 Å². The van der Waals surface area contributed by atoms with Crippen molar-refractivity contribution in [2.24, 2.45) is 0 Å². The van der Waals surface area contributed by atoms with Gasteiger partial charge in [0.1, 0.15) is 0 Å². The van der Waals surface area contributed by atoms with E-state index in [2.05, 4.69) is 26.6 Å². The van der Waals surface area contributed by atoms with Gasteiger partial charge in [-0.1, -0.05) is 0 Å². The lowest BCUT2D eigenvalue weighted by molar-refractivity contribution is 0.533. The van der Waals surface area contributed by atoms with E-state index in [9.17, 15) is 0 Å². The van der Waals surface area contributed by atoms with Crippen LogP contribution in [0.1, 0.15) is 5.56 Å². The van der Waals surface area contributed by atoms with Gasteiger partial charge in [-0.3, -0.25) is 0 Å². The number of hydrogen-bond donors (Lipinski definition) is 2. The summed E-state index contributed by atoms with van der Waals surface area (Å²) in [6, 6.07) is 1.95. The minimum absolute atomic E-state index is 0.819. The Hall–Kier alpha value is -0.320. The van der Waals surface area contributed by atoms with Crippen LogP contribution in [0.3, 0.4) is 0 Å². The lowest BCUT2D eigenvalue weighted by atomic mass is 10.3. The minimum atomic E-state index is 0.819.